The van der Waals surface area contributed by atoms with Crippen molar-refractivity contribution in [3.63, 3.8) is 0 Å². The maximum atomic E-state index is 12.3. The van der Waals surface area contributed by atoms with Crippen LogP contribution >= 0.6 is 0 Å². The van der Waals surface area contributed by atoms with E-state index in [1.165, 1.54) is 27.1 Å². The molecule has 174 valence electrons. The fraction of sp³-hybridized carbons (Fsp3) is 0.560. The predicted molar refractivity (Wildman–Crippen MR) is 125 cm³/mol. The first-order chi connectivity index (χ1) is 15.2. The molecule has 0 spiro atoms. The summed E-state index contributed by atoms with van der Waals surface area (Å²) in [6, 6.07) is 4.84. The summed E-state index contributed by atoms with van der Waals surface area (Å²) >= 11 is 0. The molecule has 2 aliphatic rings. The molecular weight excluding hydrogens is 406 g/mol. The van der Waals surface area contributed by atoms with Gasteiger partial charge in [0.1, 0.15) is 0 Å². The first-order valence-corrected chi connectivity index (χ1v) is 11.3. The average molecular weight is 442 g/mol. The quantitative estimate of drug-likeness (QED) is 0.381. The van der Waals surface area contributed by atoms with Crippen LogP contribution in [0.5, 0.6) is 11.5 Å². The molecule has 2 N–H and O–H groups in total. The fourth-order valence-corrected chi connectivity index (χ4v) is 4.86. The third-order valence-electron chi connectivity index (χ3n) is 6.89. The highest BCUT2D eigenvalue weighted by Crippen LogP contribution is 2.50. The van der Waals surface area contributed by atoms with Crippen molar-refractivity contribution in [2.45, 2.75) is 46.5 Å². The second-order valence-corrected chi connectivity index (χ2v) is 9.51. The number of fused-ring (bicyclic) bond motifs is 1. The van der Waals surface area contributed by atoms with Gasteiger partial charge in [-0.05, 0) is 67.1 Å². The van der Waals surface area contributed by atoms with Gasteiger partial charge in [0, 0.05) is 11.8 Å². The number of hydrazone groups is 1. The Labute approximate surface area is 190 Å². The van der Waals surface area contributed by atoms with E-state index in [9.17, 15) is 9.59 Å². The van der Waals surface area contributed by atoms with E-state index < -0.39 is 0 Å². The van der Waals surface area contributed by atoms with Crippen LogP contribution in [0.3, 0.4) is 0 Å². The number of benzene rings is 1. The van der Waals surface area contributed by atoms with Crippen molar-refractivity contribution in [1.29, 1.82) is 0 Å². The maximum absolute atomic E-state index is 12.3. The topological polar surface area (TPSA) is 89.0 Å². The third-order valence-corrected chi connectivity index (χ3v) is 6.89. The van der Waals surface area contributed by atoms with Crippen LogP contribution in [0, 0.1) is 23.2 Å². The van der Waals surface area contributed by atoms with Crippen molar-refractivity contribution in [2.75, 3.05) is 20.8 Å². The molecule has 3 rings (SSSR count). The number of nitrogens with one attached hydrogen (secondary N) is 2. The lowest BCUT2D eigenvalue weighted by atomic mass is 9.59. The van der Waals surface area contributed by atoms with E-state index in [1.54, 1.807) is 23.8 Å². The van der Waals surface area contributed by atoms with Gasteiger partial charge in [-0.2, -0.15) is 5.10 Å². The predicted octanol–water partition coefficient (Wildman–Crippen LogP) is 3.94. The van der Waals surface area contributed by atoms with Crippen LogP contribution in [0.4, 0.5) is 0 Å². The van der Waals surface area contributed by atoms with Crippen molar-refractivity contribution in [2.24, 2.45) is 28.3 Å². The van der Waals surface area contributed by atoms with E-state index in [-0.39, 0.29) is 18.4 Å². The number of hydrogen-bond donors (Lipinski definition) is 2. The molecule has 3 unspecified atom stereocenters. The highest BCUT2D eigenvalue weighted by Gasteiger charge is 2.40. The largest absolute Gasteiger partial charge is 0.493 e. The van der Waals surface area contributed by atoms with Gasteiger partial charge in [-0.15, -0.1) is 0 Å². The minimum absolute atomic E-state index is 0.159. The fourth-order valence-electron chi connectivity index (χ4n) is 4.86. The highest BCUT2D eigenvalue weighted by atomic mass is 16.5. The number of ether oxygens (including phenoxy) is 2. The molecule has 2 amide bonds. The van der Waals surface area contributed by atoms with Gasteiger partial charge in [0.05, 0.1) is 20.8 Å². The second kappa shape index (κ2) is 10.2. The molecule has 0 saturated heterocycles. The Kier molecular flexibility index (Phi) is 7.59. The summed E-state index contributed by atoms with van der Waals surface area (Å²) in [4.78, 5) is 24.5. The van der Waals surface area contributed by atoms with E-state index >= 15 is 0 Å². The van der Waals surface area contributed by atoms with Crippen molar-refractivity contribution in [1.82, 2.24) is 10.7 Å². The molecule has 0 aliphatic heterocycles. The highest BCUT2D eigenvalue weighted by molar-refractivity contribution is 5.97. The minimum atomic E-state index is -0.371. The van der Waals surface area contributed by atoms with E-state index in [4.69, 9.17) is 9.47 Å². The SMILES string of the molecule is COc1ccc(C(=O)NCC(=O)N/N=C/C2CC3C(=CCCC3(C)C)CC2C)cc1OC. The van der Waals surface area contributed by atoms with Crippen molar-refractivity contribution in [3.05, 3.63) is 35.4 Å². The van der Waals surface area contributed by atoms with Crippen molar-refractivity contribution in [3.8, 4) is 11.5 Å². The smallest absolute Gasteiger partial charge is 0.259 e. The van der Waals surface area contributed by atoms with Crippen LogP contribution in [-0.4, -0.2) is 38.8 Å². The Morgan fingerprint density at radius 3 is 2.69 bits per heavy atom. The lowest BCUT2D eigenvalue weighted by molar-refractivity contribution is -0.120. The molecule has 1 aromatic rings. The number of rotatable bonds is 7. The molecule has 7 heteroatoms. The Morgan fingerprint density at radius 1 is 1.22 bits per heavy atom. The van der Waals surface area contributed by atoms with Crippen LogP contribution in [0.1, 0.15) is 56.8 Å². The zero-order chi connectivity index (χ0) is 23.3. The lowest BCUT2D eigenvalue weighted by Gasteiger charge is -2.46. The number of methoxy groups -OCH3 is 2. The standard InChI is InChI=1S/C25H35N3O4/c1-16-11-17-7-6-10-25(2,3)20(17)12-19(16)14-27-28-23(29)15-26-24(30)18-8-9-21(31-4)22(13-18)32-5/h7-9,13-14,16,19-20H,6,10-12,15H2,1-5H3,(H,26,30)(H,28,29)/b27-14+. The zero-order valence-corrected chi connectivity index (χ0v) is 19.7. The molecule has 3 atom stereocenters. The van der Waals surface area contributed by atoms with E-state index in [2.05, 4.69) is 42.7 Å². The monoisotopic (exact) mass is 441 g/mol. The molecular formula is C25H35N3O4. The molecule has 0 bridgehead atoms. The molecule has 0 heterocycles. The first-order valence-electron chi connectivity index (χ1n) is 11.3. The van der Waals surface area contributed by atoms with E-state index in [0.29, 0.717) is 40.2 Å². The van der Waals surface area contributed by atoms with Gasteiger partial charge in [-0.3, -0.25) is 9.59 Å². The number of carbonyl (C=O) groups is 2. The van der Waals surface area contributed by atoms with E-state index in [1.807, 2.05) is 6.21 Å². The Morgan fingerprint density at radius 2 is 1.97 bits per heavy atom. The number of nitrogens with zero attached hydrogens (tertiary/aromatic N) is 1. The molecule has 0 aromatic heterocycles. The Bertz CT molecular complexity index is 906. The van der Waals surface area contributed by atoms with Crippen molar-refractivity contribution >= 4 is 18.0 Å². The molecule has 32 heavy (non-hydrogen) atoms. The molecule has 1 fully saturated rings. The summed E-state index contributed by atoms with van der Waals surface area (Å²) in [6.45, 7) is 6.81. The van der Waals surface area contributed by atoms with Gasteiger partial charge in [0.15, 0.2) is 11.5 Å². The molecule has 1 aromatic carbocycles. The van der Waals surface area contributed by atoms with Crippen LogP contribution in [0.2, 0.25) is 0 Å². The van der Waals surface area contributed by atoms with Crippen LogP contribution in [0.15, 0.2) is 34.9 Å². The average Bonchev–Trinajstić information content (AvgIpc) is 2.77. The van der Waals surface area contributed by atoms with Crippen LogP contribution in [0.25, 0.3) is 0 Å². The number of hydrogen-bond acceptors (Lipinski definition) is 5. The van der Waals surface area contributed by atoms with Gasteiger partial charge in [-0.25, -0.2) is 5.43 Å². The second-order valence-electron chi connectivity index (χ2n) is 9.51. The molecule has 0 radical (unpaired) electrons. The van der Waals surface area contributed by atoms with Gasteiger partial charge in [0.2, 0.25) is 0 Å². The van der Waals surface area contributed by atoms with Gasteiger partial charge in [0.25, 0.3) is 11.8 Å². The van der Waals surface area contributed by atoms with Crippen molar-refractivity contribution < 1.29 is 19.1 Å². The first kappa shape index (κ1) is 23.8. The lowest BCUT2D eigenvalue weighted by Crippen LogP contribution is -2.37. The molecule has 7 nitrogen and oxygen atoms in total. The maximum Gasteiger partial charge on any atom is 0.259 e. The van der Waals surface area contributed by atoms with Crippen LogP contribution in [-0.2, 0) is 4.79 Å². The molecule has 1 saturated carbocycles. The Balaban J connectivity index is 1.50. The minimum Gasteiger partial charge on any atom is -0.493 e. The Hall–Kier alpha value is -2.83. The van der Waals surface area contributed by atoms with Gasteiger partial charge >= 0.3 is 0 Å². The zero-order valence-electron chi connectivity index (χ0n) is 19.7. The summed E-state index contributed by atoms with van der Waals surface area (Å²) in [5.74, 6) is 1.66. The summed E-state index contributed by atoms with van der Waals surface area (Å²) in [5.41, 5.74) is 4.84. The summed E-state index contributed by atoms with van der Waals surface area (Å²) in [7, 11) is 3.03. The normalized spacial score (nSPS) is 24.3. The summed E-state index contributed by atoms with van der Waals surface area (Å²) in [6.07, 6.45) is 8.86. The number of allylic oxidation sites excluding steroid dienone is 2. The van der Waals surface area contributed by atoms with E-state index in [0.717, 1.165) is 12.8 Å². The van der Waals surface area contributed by atoms with Gasteiger partial charge in [-0.1, -0.05) is 32.4 Å². The molecule has 2 aliphatic carbocycles. The third kappa shape index (κ3) is 5.50. The van der Waals surface area contributed by atoms with Crippen LogP contribution < -0.4 is 20.2 Å². The number of amides is 2. The van der Waals surface area contributed by atoms with Gasteiger partial charge < -0.3 is 14.8 Å². The number of carbonyl (C=O) groups excluding carboxylic acids is 2. The summed E-state index contributed by atoms with van der Waals surface area (Å²) in [5, 5.41) is 6.80. The summed E-state index contributed by atoms with van der Waals surface area (Å²) < 4.78 is 10.4.